The third kappa shape index (κ3) is 2.62. The number of rotatable bonds is 3. The fourth-order valence-electron chi connectivity index (χ4n) is 1.87. The van der Waals surface area contributed by atoms with Gasteiger partial charge in [0.15, 0.2) is 0 Å². The summed E-state index contributed by atoms with van der Waals surface area (Å²) < 4.78 is 5.42. The Labute approximate surface area is 100 Å². The summed E-state index contributed by atoms with van der Waals surface area (Å²) in [5.74, 6) is 0. The molecule has 0 unspecified atom stereocenters. The van der Waals surface area contributed by atoms with Crippen LogP contribution in [0.1, 0.15) is 19.4 Å². The molecule has 1 aromatic rings. The molecule has 0 aliphatic carbocycles. The smallest absolute Gasteiger partial charge is 0.269 e. The van der Waals surface area contributed by atoms with Gasteiger partial charge in [0, 0.05) is 24.2 Å². The second-order valence-corrected chi connectivity index (χ2v) is 4.91. The molecule has 1 aliphatic heterocycles. The van der Waals surface area contributed by atoms with Gasteiger partial charge >= 0.3 is 0 Å². The lowest BCUT2D eigenvalue weighted by Gasteiger charge is -2.28. The molecule has 17 heavy (non-hydrogen) atoms. The quantitative estimate of drug-likeness (QED) is 0.596. The molecule has 1 saturated heterocycles. The van der Waals surface area contributed by atoms with E-state index in [1.807, 2.05) is 0 Å². The van der Waals surface area contributed by atoms with Crippen molar-refractivity contribution >= 4 is 5.69 Å². The zero-order valence-electron chi connectivity index (χ0n) is 10.0. The maximum absolute atomic E-state index is 10.5. The Balaban J connectivity index is 2.06. The second kappa shape index (κ2) is 4.43. The number of hydrogen-bond acceptors (Lipinski definition) is 4. The van der Waals surface area contributed by atoms with E-state index < -0.39 is 0 Å². The van der Waals surface area contributed by atoms with Crippen LogP contribution in [0.5, 0.6) is 0 Å². The van der Waals surface area contributed by atoms with Crippen molar-refractivity contribution in [2.24, 2.45) is 0 Å². The van der Waals surface area contributed by atoms with Crippen LogP contribution in [0.25, 0.3) is 0 Å². The van der Waals surface area contributed by atoms with E-state index in [0.717, 1.165) is 18.7 Å². The van der Waals surface area contributed by atoms with Crippen molar-refractivity contribution in [3.8, 4) is 0 Å². The zero-order chi connectivity index (χ0) is 12.5. The lowest BCUT2D eigenvalue weighted by molar-refractivity contribution is -0.384. The van der Waals surface area contributed by atoms with Crippen LogP contribution in [0, 0.1) is 10.1 Å². The average molecular weight is 236 g/mol. The van der Waals surface area contributed by atoms with Crippen molar-refractivity contribution in [2.45, 2.75) is 25.9 Å². The van der Waals surface area contributed by atoms with E-state index in [9.17, 15) is 10.1 Å². The molecule has 2 rings (SSSR count). The van der Waals surface area contributed by atoms with Gasteiger partial charge in [-0.15, -0.1) is 0 Å². The molecule has 0 aromatic heterocycles. The Hall–Kier alpha value is -1.46. The van der Waals surface area contributed by atoms with Crippen LogP contribution < -0.4 is 0 Å². The van der Waals surface area contributed by atoms with Gasteiger partial charge in [-0.1, -0.05) is 12.1 Å². The molecule has 0 N–H and O–H groups in total. The zero-order valence-corrected chi connectivity index (χ0v) is 10.0. The Morgan fingerprint density at radius 3 is 2.53 bits per heavy atom. The maximum Gasteiger partial charge on any atom is 0.269 e. The highest BCUT2D eigenvalue weighted by Crippen LogP contribution is 2.24. The topological polar surface area (TPSA) is 55.6 Å². The van der Waals surface area contributed by atoms with Gasteiger partial charge in [-0.05, 0) is 19.4 Å². The third-order valence-corrected chi connectivity index (χ3v) is 3.08. The number of nitrogens with zero attached hydrogens (tertiary/aromatic N) is 2. The van der Waals surface area contributed by atoms with Gasteiger partial charge in [-0.2, -0.15) is 0 Å². The van der Waals surface area contributed by atoms with Crippen LogP contribution in [0.15, 0.2) is 24.3 Å². The van der Waals surface area contributed by atoms with Crippen LogP contribution in [-0.2, 0) is 11.3 Å². The number of nitro groups is 1. The normalized spacial score (nSPS) is 19.4. The molecule has 5 heteroatoms. The van der Waals surface area contributed by atoms with E-state index in [1.165, 1.54) is 0 Å². The lowest BCUT2D eigenvalue weighted by Crippen LogP contribution is -2.39. The Bertz CT molecular complexity index is 414. The molecular weight excluding hydrogens is 220 g/mol. The number of ether oxygens (including phenoxy) is 1. The minimum Gasteiger partial charge on any atom is -0.364 e. The Kier molecular flexibility index (Phi) is 3.13. The summed E-state index contributed by atoms with van der Waals surface area (Å²) in [6, 6.07) is 6.68. The lowest BCUT2D eigenvalue weighted by atomic mass is 10.1. The number of non-ortho nitro benzene ring substituents is 1. The number of hydrogen-bond donors (Lipinski definition) is 0. The molecular formula is C12H16N2O3. The van der Waals surface area contributed by atoms with Gasteiger partial charge in [0.2, 0.25) is 0 Å². The van der Waals surface area contributed by atoms with Gasteiger partial charge in [0.1, 0.15) is 0 Å². The average Bonchev–Trinajstić information content (AvgIpc) is 2.59. The van der Waals surface area contributed by atoms with Gasteiger partial charge in [0.25, 0.3) is 5.69 Å². The minimum absolute atomic E-state index is 0.0295. The highest BCUT2D eigenvalue weighted by molar-refractivity contribution is 5.32. The molecule has 0 amide bonds. The van der Waals surface area contributed by atoms with Gasteiger partial charge < -0.3 is 4.74 Å². The first kappa shape index (κ1) is 12.0. The molecule has 1 fully saturated rings. The molecule has 0 saturated carbocycles. The van der Waals surface area contributed by atoms with Crippen LogP contribution in [0.4, 0.5) is 5.69 Å². The van der Waals surface area contributed by atoms with Crippen LogP contribution in [0.2, 0.25) is 0 Å². The molecule has 0 atom stereocenters. The standard InChI is InChI=1S/C12H16N2O3/c1-12(2)8-17-9-13(12)7-10-3-5-11(6-4-10)14(15)16/h3-6H,7-9H2,1-2H3. The van der Waals surface area contributed by atoms with Crippen molar-refractivity contribution in [3.63, 3.8) is 0 Å². The first-order valence-electron chi connectivity index (χ1n) is 5.55. The Morgan fingerprint density at radius 2 is 2.06 bits per heavy atom. The first-order chi connectivity index (χ1) is 7.99. The maximum atomic E-state index is 10.5. The monoisotopic (exact) mass is 236 g/mol. The van der Waals surface area contributed by atoms with E-state index in [4.69, 9.17) is 4.74 Å². The molecule has 1 heterocycles. The summed E-state index contributed by atoms with van der Waals surface area (Å²) in [4.78, 5) is 12.4. The van der Waals surface area contributed by atoms with Gasteiger partial charge in [-0.3, -0.25) is 15.0 Å². The van der Waals surface area contributed by atoms with Crippen LogP contribution in [0.3, 0.4) is 0 Å². The molecule has 0 radical (unpaired) electrons. The fraction of sp³-hybridized carbons (Fsp3) is 0.500. The summed E-state index contributed by atoms with van der Waals surface area (Å²) in [7, 11) is 0. The van der Waals surface area contributed by atoms with E-state index >= 15 is 0 Å². The third-order valence-electron chi connectivity index (χ3n) is 3.08. The van der Waals surface area contributed by atoms with Crippen molar-refractivity contribution in [2.75, 3.05) is 13.3 Å². The van der Waals surface area contributed by atoms with E-state index in [0.29, 0.717) is 6.73 Å². The minimum atomic E-state index is -0.382. The van der Waals surface area contributed by atoms with Gasteiger partial charge in [0.05, 0.1) is 18.3 Å². The van der Waals surface area contributed by atoms with Crippen molar-refractivity contribution in [3.05, 3.63) is 39.9 Å². The SMILES string of the molecule is CC1(C)COCN1Cc1ccc([N+](=O)[O-])cc1. The van der Waals surface area contributed by atoms with Crippen LogP contribution in [-0.4, -0.2) is 28.7 Å². The summed E-state index contributed by atoms with van der Waals surface area (Å²) in [5, 5.41) is 10.5. The fourth-order valence-corrected chi connectivity index (χ4v) is 1.87. The predicted octanol–water partition coefficient (Wildman–Crippen LogP) is 2.16. The highest BCUT2D eigenvalue weighted by Gasteiger charge is 2.32. The van der Waals surface area contributed by atoms with Crippen molar-refractivity contribution in [1.82, 2.24) is 4.90 Å². The summed E-state index contributed by atoms with van der Waals surface area (Å²) in [6.07, 6.45) is 0. The van der Waals surface area contributed by atoms with E-state index in [2.05, 4.69) is 18.7 Å². The molecule has 0 spiro atoms. The highest BCUT2D eigenvalue weighted by atomic mass is 16.6. The van der Waals surface area contributed by atoms with Gasteiger partial charge in [-0.25, -0.2) is 0 Å². The molecule has 92 valence electrons. The molecule has 1 aromatic carbocycles. The second-order valence-electron chi connectivity index (χ2n) is 4.91. The van der Waals surface area contributed by atoms with Crippen LogP contribution >= 0.6 is 0 Å². The molecule has 1 aliphatic rings. The van der Waals surface area contributed by atoms with E-state index in [1.54, 1.807) is 24.3 Å². The number of benzene rings is 1. The summed E-state index contributed by atoms with van der Waals surface area (Å²) in [5.41, 5.74) is 1.22. The van der Waals surface area contributed by atoms with Crippen molar-refractivity contribution in [1.29, 1.82) is 0 Å². The van der Waals surface area contributed by atoms with Crippen molar-refractivity contribution < 1.29 is 9.66 Å². The Morgan fingerprint density at radius 1 is 1.41 bits per heavy atom. The predicted molar refractivity (Wildman–Crippen MR) is 63.5 cm³/mol. The first-order valence-corrected chi connectivity index (χ1v) is 5.55. The van der Waals surface area contributed by atoms with E-state index in [-0.39, 0.29) is 16.1 Å². The molecule has 5 nitrogen and oxygen atoms in total. The largest absolute Gasteiger partial charge is 0.364 e. The summed E-state index contributed by atoms with van der Waals surface area (Å²) >= 11 is 0. The summed E-state index contributed by atoms with van der Waals surface area (Å²) in [6.45, 7) is 6.35. The number of nitro benzene ring substituents is 1. The molecule has 0 bridgehead atoms.